The van der Waals surface area contributed by atoms with Crippen LogP contribution in [0.3, 0.4) is 0 Å². The average Bonchev–Trinajstić information content (AvgIpc) is 3.12. The van der Waals surface area contributed by atoms with E-state index in [1.807, 2.05) is 43.3 Å². The van der Waals surface area contributed by atoms with Crippen LogP contribution in [0, 0.1) is 0 Å². The molecule has 3 aromatic rings. The Kier molecular flexibility index (Phi) is 5.62. The van der Waals surface area contributed by atoms with Crippen LogP contribution in [0.15, 0.2) is 47.1 Å². The predicted molar refractivity (Wildman–Crippen MR) is 105 cm³/mol. The molecule has 0 unspecified atom stereocenters. The lowest BCUT2D eigenvalue weighted by Crippen LogP contribution is -2.44. The summed E-state index contributed by atoms with van der Waals surface area (Å²) in [5.41, 5.74) is 7.47. The van der Waals surface area contributed by atoms with E-state index < -0.39 is 5.54 Å². The number of ether oxygens (including phenoxy) is 1. The normalized spacial score (nSPS) is 14.7. The Morgan fingerprint density at radius 2 is 2.00 bits per heavy atom. The van der Waals surface area contributed by atoms with E-state index in [2.05, 4.69) is 20.4 Å². The van der Waals surface area contributed by atoms with E-state index in [0.717, 1.165) is 36.3 Å². The molecular weight excluding hydrogens is 366 g/mol. The maximum atomic E-state index is 6.29. The molecule has 2 aromatic heterocycles. The highest BCUT2D eigenvalue weighted by Gasteiger charge is 2.39. The highest BCUT2D eigenvalue weighted by molar-refractivity contribution is 5.85. The van der Waals surface area contributed by atoms with Crippen LogP contribution in [0.1, 0.15) is 32.0 Å². The lowest BCUT2D eigenvalue weighted by Gasteiger charge is -2.34. The Balaban J connectivity index is 0.00000210. The van der Waals surface area contributed by atoms with Gasteiger partial charge in [-0.05, 0) is 62.6 Å². The number of aromatic nitrogens is 3. The average molecular weight is 388 g/mol. The largest absolute Gasteiger partial charge is 0.494 e. The number of hydrogen-bond donors (Lipinski definition) is 2. The number of benzene rings is 1. The van der Waals surface area contributed by atoms with Gasteiger partial charge in [0.1, 0.15) is 11.6 Å². The molecule has 1 aliphatic carbocycles. The molecular formula is C19H22ClN5O2. The number of nitrogens with two attached hydrogens (primary N) is 1. The Hall–Kier alpha value is -2.64. The van der Waals surface area contributed by atoms with Crippen LogP contribution in [0.25, 0.3) is 11.5 Å². The molecule has 4 rings (SSSR count). The van der Waals surface area contributed by atoms with Gasteiger partial charge in [0, 0.05) is 11.9 Å². The number of nitrogens with zero attached hydrogens (tertiary/aromatic N) is 3. The molecule has 2 heterocycles. The summed E-state index contributed by atoms with van der Waals surface area (Å²) >= 11 is 0. The third kappa shape index (κ3) is 3.89. The minimum Gasteiger partial charge on any atom is -0.494 e. The first-order valence-electron chi connectivity index (χ1n) is 8.76. The van der Waals surface area contributed by atoms with Gasteiger partial charge in [-0.1, -0.05) is 5.16 Å². The van der Waals surface area contributed by atoms with E-state index in [1.54, 1.807) is 6.20 Å². The second-order valence-corrected chi connectivity index (χ2v) is 6.41. The molecule has 0 aliphatic heterocycles. The first-order chi connectivity index (χ1) is 12.7. The van der Waals surface area contributed by atoms with Crippen molar-refractivity contribution in [3.05, 3.63) is 48.4 Å². The van der Waals surface area contributed by atoms with Gasteiger partial charge in [-0.25, -0.2) is 4.98 Å². The van der Waals surface area contributed by atoms with Gasteiger partial charge < -0.3 is 20.3 Å². The second-order valence-electron chi connectivity index (χ2n) is 6.41. The zero-order valence-corrected chi connectivity index (χ0v) is 15.8. The summed E-state index contributed by atoms with van der Waals surface area (Å²) in [4.78, 5) is 8.93. The smallest absolute Gasteiger partial charge is 0.261 e. The summed E-state index contributed by atoms with van der Waals surface area (Å²) in [5, 5.41) is 7.37. The molecule has 0 saturated heterocycles. The third-order valence-corrected chi connectivity index (χ3v) is 4.58. The molecule has 27 heavy (non-hydrogen) atoms. The summed E-state index contributed by atoms with van der Waals surface area (Å²) in [7, 11) is 0. The minimum absolute atomic E-state index is 0. The van der Waals surface area contributed by atoms with Crippen LogP contribution in [0.2, 0.25) is 0 Å². The van der Waals surface area contributed by atoms with Crippen LogP contribution < -0.4 is 15.8 Å². The number of rotatable bonds is 6. The monoisotopic (exact) mass is 387 g/mol. The Bertz CT molecular complexity index is 893. The van der Waals surface area contributed by atoms with E-state index in [4.69, 9.17) is 15.0 Å². The Morgan fingerprint density at radius 3 is 2.67 bits per heavy atom. The second kappa shape index (κ2) is 7.94. The maximum Gasteiger partial charge on any atom is 0.261 e. The molecule has 142 valence electrons. The van der Waals surface area contributed by atoms with Crippen LogP contribution in [0.4, 0.5) is 11.5 Å². The molecule has 1 aromatic carbocycles. The van der Waals surface area contributed by atoms with Gasteiger partial charge in [0.15, 0.2) is 5.82 Å². The SMILES string of the molecule is CCOc1ccc(Nc2ncccc2-c2nc(C3(N)CCC3)no2)cc1.Cl. The van der Waals surface area contributed by atoms with Crippen LogP contribution >= 0.6 is 12.4 Å². The lowest BCUT2D eigenvalue weighted by atomic mass is 9.77. The fraction of sp³-hybridized carbons (Fsp3) is 0.316. The van der Waals surface area contributed by atoms with Crippen molar-refractivity contribution in [1.82, 2.24) is 15.1 Å². The van der Waals surface area contributed by atoms with Crippen LogP contribution in [0.5, 0.6) is 5.75 Å². The number of anilines is 2. The Labute approximate surface area is 163 Å². The number of halogens is 1. The van der Waals surface area contributed by atoms with E-state index in [-0.39, 0.29) is 12.4 Å². The van der Waals surface area contributed by atoms with Crippen LogP contribution in [-0.4, -0.2) is 21.7 Å². The van der Waals surface area contributed by atoms with Crippen LogP contribution in [-0.2, 0) is 5.54 Å². The molecule has 8 heteroatoms. The summed E-state index contributed by atoms with van der Waals surface area (Å²) in [5.74, 6) is 2.45. The topological polar surface area (TPSA) is 99.1 Å². The van der Waals surface area contributed by atoms with Gasteiger partial charge in [-0.2, -0.15) is 4.98 Å². The summed E-state index contributed by atoms with van der Waals surface area (Å²) in [6.45, 7) is 2.60. The highest BCUT2D eigenvalue weighted by atomic mass is 35.5. The van der Waals surface area contributed by atoms with Crippen molar-refractivity contribution in [3.8, 4) is 17.2 Å². The first-order valence-corrected chi connectivity index (χ1v) is 8.76. The van der Waals surface area contributed by atoms with E-state index in [0.29, 0.717) is 24.1 Å². The zero-order chi connectivity index (χ0) is 18.0. The van der Waals surface area contributed by atoms with E-state index in [1.165, 1.54) is 0 Å². The molecule has 3 N–H and O–H groups in total. The minimum atomic E-state index is -0.452. The molecule has 0 amide bonds. The van der Waals surface area contributed by atoms with Gasteiger partial charge >= 0.3 is 0 Å². The maximum absolute atomic E-state index is 6.29. The molecule has 0 atom stereocenters. The zero-order valence-electron chi connectivity index (χ0n) is 15.0. The van der Waals surface area contributed by atoms with Crippen molar-refractivity contribution in [2.45, 2.75) is 31.7 Å². The van der Waals surface area contributed by atoms with E-state index >= 15 is 0 Å². The third-order valence-electron chi connectivity index (χ3n) is 4.58. The Morgan fingerprint density at radius 1 is 1.22 bits per heavy atom. The van der Waals surface area contributed by atoms with Gasteiger partial charge in [0.2, 0.25) is 0 Å². The van der Waals surface area contributed by atoms with Gasteiger partial charge in [-0.3, -0.25) is 0 Å². The summed E-state index contributed by atoms with van der Waals surface area (Å²) in [6.07, 6.45) is 4.58. The standard InChI is InChI=1S/C19H21N5O2.ClH/c1-2-25-14-8-6-13(7-9-14)22-16-15(5-3-12-21-16)17-23-18(24-26-17)19(20)10-4-11-19;/h3,5-9,12H,2,4,10-11,20H2,1H3,(H,21,22);1H. The summed E-state index contributed by atoms with van der Waals surface area (Å²) in [6, 6.07) is 11.4. The van der Waals surface area contributed by atoms with Crippen molar-refractivity contribution >= 4 is 23.9 Å². The van der Waals surface area contributed by atoms with Gasteiger partial charge in [-0.15, -0.1) is 12.4 Å². The van der Waals surface area contributed by atoms with Crippen molar-refractivity contribution in [1.29, 1.82) is 0 Å². The molecule has 0 spiro atoms. The van der Waals surface area contributed by atoms with Crippen molar-refractivity contribution < 1.29 is 9.26 Å². The number of pyridine rings is 1. The molecule has 1 fully saturated rings. The molecule has 0 radical (unpaired) electrons. The van der Waals surface area contributed by atoms with Gasteiger partial charge in [0.05, 0.1) is 17.7 Å². The van der Waals surface area contributed by atoms with Crippen molar-refractivity contribution in [2.24, 2.45) is 5.73 Å². The lowest BCUT2D eigenvalue weighted by molar-refractivity contribution is 0.229. The molecule has 7 nitrogen and oxygen atoms in total. The first kappa shape index (κ1) is 19.1. The predicted octanol–water partition coefficient (Wildman–Crippen LogP) is 4.03. The fourth-order valence-electron chi connectivity index (χ4n) is 2.93. The molecule has 1 saturated carbocycles. The number of hydrogen-bond acceptors (Lipinski definition) is 7. The van der Waals surface area contributed by atoms with E-state index in [9.17, 15) is 0 Å². The fourth-order valence-corrected chi connectivity index (χ4v) is 2.93. The molecule has 0 bridgehead atoms. The highest BCUT2D eigenvalue weighted by Crippen LogP contribution is 2.38. The van der Waals surface area contributed by atoms with Gasteiger partial charge in [0.25, 0.3) is 5.89 Å². The van der Waals surface area contributed by atoms with Crippen molar-refractivity contribution in [2.75, 3.05) is 11.9 Å². The number of nitrogens with one attached hydrogen (secondary N) is 1. The quantitative estimate of drug-likeness (QED) is 0.658. The molecule has 1 aliphatic rings. The van der Waals surface area contributed by atoms with Crippen molar-refractivity contribution in [3.63, 3.8) is 0 Å². The summed E-state index contributed by atoms with van der Waals surface area (Å²) < 4.78 is 10.9.